The van der Waals surface area contributed by atoms with Gasteiger partial charge < -0.3 is 4.74 Å². The molecule has 0 saturated heterocycles. The van der Waals surface area contributed by atoms with Crippen LogP contribution in [0.15, 0.2) is 53.9 Å². The molecule has 3 rings (SSSR count). The number of anilines is 2. The van der Waals surface area contributed by atoms with Crippen LogP contribution in [-0.2, 0) is 4.79 Å². The molecule has 0 atom stereocenters. The number of ketones is 1. The second-order valence-corrected chi connectivity index (χ2v) is 6.94. The maximum Gasteiger partial charge on any atom is 0.387 e. The molecule has 0 aliphatic heterocycles. The third-order valence-corrected chi connectivity index (χ3v) is 4.78. The number of hydrogen-bond donors (Lipinski definition) is 0. The third-order valence-electron chi connectivity index (χ3n) is 3.94. The molecule has 0 unspecified atom stereocenters. The lowest BCUT2D eigenvalue weighted by atomic mass is 10.1. The van der Waals surface area contributed by atoms with Crippen LogP contribution in [0.4, 0.5) is 28.4 Å². The fourth-order valence-corrected chi connectivity index (χ4v) is 3.43. The average molecular weight is 450 g/mol. The van der Waals surface area contributed by atoms with Crippen molar-refractivity contribution in [1.82, 2.24) is 4.98 Å². The maximum atomic E-state index is 14.1. The van der Waals surface area contributed by atoms with Crippen molar-refractivity contribution in [3.63, 3.8) is 0 Å². The minimum Gasteiger partial charge on any atom is -0.435 e. The highest BCUT2D eigenvalue weighted by Gasteiger charge is 2.21. The van der Waals surface area contributed by atoms with Crippen molar-refractivity contribution >= 4 is 39.9 Å². The number of amides is 1. The Kier molecular flexibility index (Phi) is 6.81. The number of benzene rings is 2. The first-order chi connectivity index (χ1) is 14.7. The number of allylic oxidation sites excluding steroid dienone is 1. The van der Waals surface area contributed by atoms with Gasteiger partial charge in [-0.2, -0.15) is 8.78 Å². The van der Waals surface area contributed by atoms with Crippen molar-refractivity contribution in [2.75, 3.05) is 4.90 Å². The molecule has 3 aromatic rings. The number of hydrogen-bond acceptors (Lipinski definition) is 5. The predicted molar refractivity (Wildman–Crippen MR) is 108 cm³/mol. The van der Waals surface area contributed by atoms with E-state index >= 15 is 0 Å². The number of carbonyl (C=O) groups excluding carboxylic acids is 2. The first-order valence-corrected chi connectivity index (χ1v) is 9.61. The van der Waals surface area contributed by atoms with Crippen molar-refractivity contribution in [1.29, 1.82) is 0 Å². The van der Waals surface area contributed by atoms with E-state index in [2.05, 4.69) is 9.72 Å². The lowest BCUT2D eigenvalue weighted by Gasteiger charge is -2.18. The topological polar surface area (TPSA) is 59.5 Å². The molecule has 0 bridgehead atoms. The Morgan fingerprint density at radius 1 is 1.13 bits per heavy atom. The number of alkyl halides is 2. The van der Waals surface area contributed by atoms with Gasteiger partial charge in [-0.05, 0) is 48.6 Å². The van der Waals surface area contributed by atoms with Crippen molar-refractivity contribution in [2.24, 2.45) is 0 Å². The quantitative estimate of drug-likeness (QED) is 0.267. The Morgan fingerprint density at radius 2 is 1.84 bits per heavy atom. The van der Waals surface area contributed by atoms with Crippen LogP contribution in [0.2, 0.25) is 0 Å². The SMILES string of the molecule is CC(=O)N(c1nc(/C=C/C(=O)c2ccc(OC(F)F)cc2)cs1)c1ccc(F)cc1F. The van der Waals surface area contributed by atoms with Crippen LogP contribution in [0.1, 0.15) is 23.0 Å². The van der Waals surface area contributed by atoms with Gasteiger partial charge in [-0.15, -0.1) is 11.3 Å². The van der Waals surface area contributed by atoms with Crippen LogP contribution < -0.4 is 9.64 Å². The molecule has 0 aliphatic carbocycles. The molecule has 1 aromatic heterocycles. The summed E-state index contributed by atoms with van der Waals surface area (Å²) in [6.07, 6.45) is 2.61. The lowest BCUT2D eigenvalue weighted by Crippen LogP contribution is -2.23. The Balaban J connectivity index is 1.77. The number of rotatable bonds is 7. The second-order valence-electron chi connectivity index (χ2n) is 6.11. The molecular weight excluding hydrogens is 436 g/mol. The zero-order valence-corrected chi connectivity index (χ0v) is 16.7. The molecule has 5 nitrogen and oxygen atoms in total. The molecule has 0 spiro atoms. The van der Waals surface area contributed by atoms with Gasteiger partial charge in [0.2, 0.25) is 5.91 Å². The summed E-state index contributed by atoms with van der Waals surface area (Å²) in [5.74, 6) is -2.71. The van der Waals surface area contributed by atoms with E-state index in [1.54, 1.807) is 5.38 Å². The van der Waals surface area contributed by atoms with Gasteiger partial charge in [-0.1, -0.05) is 0 Å². The zero-order valence-electron chi connectivity index (χ0n) is 15.9. The minimum atomic E-state index is -2.96. The number of thiazole rings is 1. The fraction of sp³-hybridized carbons (Fsp3) is 0.0952. The molecule has 10 heteroatoms. The Hall–Kier alpha value is -3.53. The normalized spacial score (nSPS) is 11.2. The van der Waals surface area contributed by atoms with Gasteiger partial charge in [0.25, 0.3) is 0 Å². The van der Waals surface area contributed by atoms with Crippen molar-refractivity contribution in [3.05, 3.63) is 76.8 Å². The Labute approximate surface area is 178 Å². The monoisotopic (exact) mass is 450 g/mol. The summed E-state index contributed by atoms with van der Waals surface area (Å²) in [7, 11) is 0. The van der Waals surface area contributed by atoms with E-state index in [0.717, 1.165) is 28.4 Å². The van der Waals surface area contributed by atoms with Gasteiger partial charge in [0, 0.05) is 23.9 Å². The van der Waals surface area contributed by atoms with E-state index in [-0.39, 0.29) is 22.1 Å². The molecular formula is C21H14F4N2O3S. The van der Waals surface area contributed by atoms with Gasteiger partial charge in [0.1, 0.15) is 17.4 Å². The highest BCUT2D eigenvalue weighted by Crippen LogP contribution is 2.31. The number of halogens is 4. The summed E-state index contributed by atoms with van der Waals surface area (Å²) in [5.41, 5.74) is 0.424. The molecule has 0 saturated carbocycles. The number of nitrogens with zero attached hydrogens (tertiary/aromatic N) is 2. The van der Waals surface area contributed by atoms with E-state index in [9.17, 15) is 27.2 Å². The largest absolute Gasteiger partial charge is 0.435 e. The fourth-order valence-electron chi connectivity index (χ4n) is 2.58. The summed E-state index contributed by atoms with van der Waals surface area (Å²) in [6.45, 7) is -1.75. The van der Waals surface area contributed by atoms with Crippen LogP contribution in [0.3, 0.4) is 0 Å². The number of aromatic nitrogens is 1. The summed E-state index contributed by atoms with van der Waals surface area (Å²) in [6, 6.07) is 7.99. The molecule has 0 aliphatic rings. The molecule has 2 aromatic carbocycles. The molecule has 1 amide bonds. The van der Waals surface area contributed by atoms with Crippen LogP contribution >= 0.6 is 11.3 Å². The molecule has 0 N–H and O–H groups in total. The van der Waals surface area contributed by atoms with Crippen molar-refractivity contribution in [3.8, 4) is 5.75 Å². The van der Waals surface area contributed by atoms with Crippen LogP contribution in [0.5, 0.6) is 5.75 Å². The first-order valence-electron chi connectivity index (χ1n) is 8.73. The van der Waals surface area contributed by atoms with Crippen molar-refractivity contribution in [2.45, 2.75) is 13.5 Å². The zero-order chi connectivity index (χ0) is 22.5. The first kappa shape index (κ1) is 22.2. The predicted octanol–water partition coefficient (Wildman–Crippen LogP) is 5.60. The van der Waals surface area contributed by atoms with E-state index in [1.807, 2.05) is 0 Å². The average Bonchev–Trinajstić information content (AvgIpc) is 3.16. The second kappa shape index (κ2) is 9.52. The molecule has 0 fully saturated rings. The Bertz CT molecular complexity index is 1130. The standard InChI is InChI=1S/C21H14F4N2O3S/c1-12(28)27(18-8-4-14(22)10-17(18)23)21-26-15(11-31-21)5-9-19(29)13-2-6-16(7-3-13)30-20(24)25/h2-11,20H,1H3/b9-5+. The van der Waals surface area contributed by atoms with Crippen LogP contribution in [-0.4, -0.2) is 23.3 Å². The third kappa shape index (κ3) is 5.54. The van der Waals surface area contributed by atoms with Gasteiger partial charge in [-0.3, -0.25) is 14.5 Å². The van der Waals surface area contributed by atoms with Gasteiger partial charge in [-0.25, -0.2) is 13.8 Å². The van der Waals surface area contributed by atoms with Crippen LogP contribution in [0.25, 0.3) is 6.08 Å². The van der Waals surface area contributed by atoms with E-state index in [4.69, 9.17) is 0 Å². The summed E-state index contributed by atoms with van der Waals surface area (Å²) >= 11 is 1.03. The lowest BCUT2D eigenvalue weighted by molar-refractivity contribution is -0.115. The van der Waals surface area contributed by atoms with Gasteiger partial charge >= 0.3 is 6.61 Å². The highest BCUT2D eigenvalue weighted by atomic mass is 32.1. The summed E-state index contributed by atoms with van der Waals surface area (Å²) in [5, 5.41) is 1.69. The van der Waals surface area contributed by atoms with Gasteiger partial charge in [0.15, 0.2) is 10.9 Å². The molecule has 1 heterocycles. The maximum absolute atomic E-state index is 14.1. The molecule has 0 radical (unpaired) electrons. The van der Waals surface area contributed by atoms with Gasteiger partial charge in [0.05, 0.1) is 11.4 Å². The summed E-state index contributed by atoms with van der Waals surface area (Å²) in [4.78, 5) is 29.5. The van der Waals surface area contributed by atoms with E-state index in [1.165, 1.54) is 43.3 Å². The number of ether oxygens (including phenoxy) is 1. The van der Waals surface area contributed by atoms with E-state index < -0.39 is 29.9 Å². The van der Waals surface area contributed by atoms with Crippen molar-refractivity contribution < 1.29 is 31.9 Å². The van der Waals surface area contributed by atoms with Crippen LogP contribution in [0, 0.1) is 11.6 Å². The Morgan fingerprint density at radius 3 is 2.45 bits per heavy atom. The smallest absolute Gasteiger partial charge is 0.387 e. The minimum absolute atomic E-state index is 0.0722. The summed E-state index contributed by atoms with van der Waals surface area (Å²) < 4.78 is 55.9. The number of carbonyl (C=O) groups is 2. The molecule has 31 heavy (non-hydrogen) atoms. The van der Waals surface area contributed by atoms with E-state index in [0.29, 0.717) is 11.8 Å². The highest BCUT2D eigenvalue weighted by molar-refractivity contribution is 7.14. The molecule has 160 valence electrons.